The number of para-hydroxylation sites is 1. The number of fused-ring (bicyclic) bond motifs is 1. The summed E-state index contributed by atoms with van der Waals surface area (Å²) in [6.07, 6.45) is -2.26. The van der Waals surface area contributed by atoms with Crippen LogP contribution in [0, 0.1) is 0 Å². The number of halogens is 3. The molecule has 2 N–H and O–H groups in total. The monoisotopic (exact) mass is 449 g/mol. The van der Waals surface area contributed by atoms with E-state index in [4.69, 9.17) is 18.8 Å². The van der Waals surface area contributed by atoms with E-state index < -0.39 is 36.9 Å². The molecule has 0 radical (unpaired) electrons. The summed E-state index contributed by atoms with van der Waals surface area (Å²) in [7, 11) is 0.445. The highest BCUT2D eigenvalue weighted by Gasteiger charge is 2.38. The lowest BCUT2D eigenvalue weighted by atomic mass is 9.79. The molecule has 0 spiro atoms. The van der Waals surface area contributed by atoms with E-state index in [1.54, 1.807) is 37.4 Å². The van der Waals surface area contributed by atoms with Gasteiger partial charge in [0.05, 0.1) is 24.6 Å². The molecule has 7 nitrogen and oxygen atoms in total. The number of hydrogen-bond donors (Lipinski definition) is 2. The Morgan fingerprint density at radius 3 is 2.31 bits per heavy atom. The average molecular weight is 449 g/mol. The molecule has 0 bridgehead atoms. The molecule has 2 aliphatic rings. The van der Waals surface area contributed by atoms with Crippen molar-refractivity contribution in [1.82, 2.24) is 4.90 Å². The maximum Gasteiger partial charge on any atom is 0.636 e. The van der Waals surface area contributed by atoms with Crippen molar-refractivity contribution < 1.29 is 42.2 Å². The lowest BCUT2D eigenvalue weighted by molar-refractivity contribution is -0.139. The SMILES string of the molecule is CN1C=C(O)OB(c2ccc(OC3CCOc4c3cccc4C(F)(F)F)cc2)O/C(O)=C\1. The van der Waals surface area contributed by atoms with Crippen molar-refractivity contribution >= 4 is 12.6 Å². The van der Waals surface area contributed by atoms with E-state index in [2.05, 4.69) is 0 Å². The van der Waals surface area contributed by atoms with Gasteiger partial charge >= 0.3 is 13.3 Å². The number of aliphatic hydroxyl groups excluding tert-OH is 2. The zero-order chi connectivity index (χ0) is 22.9. The average Bonchev–Trinajstić information content (AvgIpc) is 2.72. The van der Waals surface area contributed by atoms with Crippen LogP contribution in [0.15, 0.2) is 66.8 Å². The number of alkyl halides is 3. The molecule has 4 rings (SSSR count). The van der Waals surface area contributed by atoms with Crippen LogP contribution in [0.1, 0.15) is 23.7 Å². The predicted molar refractivity (Wildman–Crippen MR) is 108 cm³/mol. The number of hydrogen-bond acceptors (Lipinski definition) is 7. The third-order valence-electron chi connectivity index (χ3n) is 4.84. The van der Waals surface area contributed by atoms with E-state index >= 15 is 0 Å². The molecule has 1 atom stereocenters. The zero-order valence-corrected chi connectivity index (χ0v) is 16.9. The summed E-state index contributed by atoms with van der Waals surface area (Å²) in [4.78, 5) is 1.35. The van der Waals surface area contributed by atoms with E-state index in [0.717, 1.165) is 6.07 Å². The van der Waals surface area contributed by atoms with Crippen molar-refractivity contribution in [1.29, 1.82) is 0 Å². The maximum atomic E-state index is 13.3. The highest BCUT2D eigenvalue weighted by Crippen LogP contribution is 2.43. The fourth-order valence-electron chi connectivity index (χ4n) is 3.43. The Morgan fingerprint density at radius 2 is 1.69 bits per heavy atom. The number of nitrogens with zero attached hydrogens (tertiary/aromatic N) is 1. The van der Waals surface area contributed by atoms with Crippen molar-refractivity contribution in [2.75, 3.05) is 13.7 Å². The molecule has 2 aliphatic heterocycles. The summed E-state index contributed by atoms with van der Waals surface area (Å²) >= 11 is 0. The zero-order valence-electron chi connectivity index (χ0n) is 16.9. The molecule has 2 aromatic carbocycles. The third kappa shape index (κ3) is 4.66. The molecule has 2 heterocycles. The Balaban J connectivity index is 1.52. The van der Waals surface area contributed by atoms with Crippen molar-refractivity contribution in [2.24, 2.45) is 0 Å². The molecule has 0 saturated carbocycles. The Labute approximate surface area is 182 Å². The predicted octanol–water partition coefficient (Wildman–Crippen LogP) is 4.00. The number of ether oxygens (including phenoxy) is 2. The van der Waals surface area contributed by atoms with Gasteiger partial charge in [0.1, 0.15) is 17.6 Å². The second-order valence-corrected chi connectivity index (χ2v) is 7.20. The van der Waals surface area contributed by atoms with Gasteiger partial charge in [0.15, 0.2) is 0 Å². The Hall–Kier alpha value is -3.63. The normalized spacial score (nSPS) is 20.3. The standard InChI is InChI=1S/C21H19BF3NO6/c1-26-11-18(27)31-22(32-19(28)12-26)13-5-7-14(8-6-13)30-17-9-10-29-20-15(17)3-2-4-16(20)21(23,24)25/h2-8,11-12,17,27-28H,9-10H2,1H3/b18-11-,19-12?. The van der Waals surface area contributed by atoms with E-state index in [1.165, 1.54) is 23.4 Å². The van der Waals surface area contributed by atoms with Crippen LogP contribution in [0.4, 0.5) is 13.2 Å². The van der Waals surface area contributed by atoms with Crippen molar-refractivity contribution in [2.45, 2.75) is 18.7 Å². The molecule has 168 valence electrons. The molecule has 1 unspecified atom stereocenters. The highest BCUT2D eigenvalue weighted by molar-refractivity contribution is 6.61. The van der Waals surface area contributed by atoms with Crippen molar-refractivity contribution in [3.05, 3.63) is 77.9 Å². The number of benzene rings is 2. The van der Waals surface area contributed by atoms with E-state index in [1.807, 2.05) is 0 Å². The van der Waals surface area contributed by atoms with Crippen molar-refractivity contribution in [3.63, 3.8) is 0 Å². The van der Waals surface area contributed by atoms with Gasteiger partial charge in [0.25, 0.3) is 11.9 Å². The summed E-state index contributed by atoms with van der Waals surface area (Å²) in [5, 5.41) is 19.7. The molecule has 11 heteroatoms. The molecule has 2 aromatic rings. The third-order valence-corrected chi connectivity index (χ3v) is 4.84. The van der Waals surface area contributed by atoms with Crippen LogP contribution in [0.25, 0.3) is 0 Å². The van der Waals surface area contributed by atoms with Gasteiger partial charge in [-0.2, -0.15) is 13.2 Å². The number of rotatable bonds is 3. The van der Waals surface area contributed by atoms with Crippen LogP contribution in [-0.4, -0.2) is 35.9 Å². The molecular formula is C21H19BF3NO6. The van der Waals surface area contributed by atoms with Gasteiger partial charge in [-0.1, -0.05) is 24.3 Å². The van der Waals surface area contributed by atoms with Gasteiger partial charge in [-0.05, 0) is 18.2 Å². The molecule has 0 saturated heterocycles. The minimum Gasteiger partial charge on any atom is -0.494 e. The van der Waals surface area contributed by atoms with Crippen LogP contribution in [-0.2, 0) is 15.5 Å². The second-order valence-electron chi connectivity index (χ2n) is 7.20. The Morgan fingerprint density at radius 1 is 1.03 bits per heavy atom. The van der Waals surface area contributed by atoms with E-state index in [0.29, 0.717) is 23.2 Å². The summed E-state index contributed by atoms with van der Waals surface area (Å²) in [6.45, 7) is 0.0955. The molecule has 0 fully saturated rings. The molecule has 0 aliphatic carbocycles. The van der Waals surface area contributed by atoms with Crippen LogP contribution in [0.2, 0.25) is 0 Å². The smallest absolute Gasteiger partial charge is 0.494 e. The fraction of sp³-hybridized carbons (Fsp3) is 0.238. The van der Waals surface area contributed by atoms with Crippen LogP contribution in [0.3, 0.4) is 0 Å². The quantitative estimate of drug-likeness (QED) is 0.686. The molecular weight excluding hydrogens is 430 g/mol. The second kappa shape index (κ2) is 8.48. The first-order chi connectivity index (χ1) is 15.2. The molecule has 0 aromatic heterocycles. The van der Waals surface area contributed by atoms with Gasteiger partial charge in [0.2, 0.25) is 0 Å². The topological polar surface area (TPSA) is 80.6 Å². The Bertz CT molecular complexity index is 1020. The Kier molecular flexibility index (Phi) is 5.73. The minimum absolute atomic E-state index is 0.0955. The first-order valence-corrected chi connectivity index (χ1v) is 9.67. The summed E-state index contributed by atoms with van der Waals surface area (Å²) in [5.74, 6) is -0.630. The van der Waals surface area contributed by atoms with Crippen molar-refractivity contribution in [3.8, 4) is 11.5 Å². The maximum absolute atomic E-state index is 13.3. The first kappa shape index (κ1) is 21.6. The molecule has 0 amide bonds. The van der Waals surface area contributed by atoms with Gasteiger partial charge in [-0.15, -0.1) is 0 Å². The first-order valence-electron chi connectivity index (χ1n) is 9.67. The molecule has 32 heavy (non-hydrogen) atoms. The summed E-state index contributed by atoms with van der Waals surface area (Å²) < 4.78 is 61.7. The fourth-order valence-corrected chi connectivity index (χ4v) is 3.43. The van der Waals surface area contributed by atoms with Gasteiger partial charge in [-0.3, -0.25) is 0 Å². The van der Waals surface area contributed by atoms with Crippen LogP contribution >= 0.6 is 0 Å². The van der Waals surface area contributed by atoms with E-state index in [9.17, 15) is 23.4 Å². The van der Waals surface area contributed by atoms with Crippen LogP contribution < -0.4 is 14.9 Å². The summed E-state index contributed by atoms with van der Waals surface area (Å²) in [6, 6.07) is 10.2. The van der Waals surface area contributed by atoms with Gasteiger partial charge in [-0.25, -0.2) is 0 Å². The van der Waals surface area contributed by atoms with Gasteiger partial charge in [0, 0.05) is 24.5 Å². The lowest BCUT2D eigenvalue weighted by Gasteiger charge is -2.28. The summed E-state index contributed by atoms with van der Waals surface area (Å²) in [5.41, 5.74) is -0.0341. The number of aliphatic hydroxyl groups is 2. The minimum atomic E-state index is -4.53. The lowest BCUT2D eigenvalue weighted by Crippen LogP contribution is -2.37. The van der Waals surface area contributed by atoms with E-state index in [-0.39, 0.29) is 12.4 Å². The van der Waals surface area contributed by atoms with Gasteiger partial charge < -0.3 is 33.9 Å². The van der Waals surface area contributed by atoms with Crippen LogP contribution in [0.5, 0.6) is 11.5 Å². The largest absolute Gasteiger partial charge is 0.636 e. The highest BCUT2D eigenvalue weighted by atomic mass is 19.4.